The average molecular weight is 227 g/mol. The van der Waals surface area contributed by atoms with Crippen LogP contribution in [0, 0.1) is 6.92 Å². The molecule has 3 heteroatoms. The van der Waals surface area contributed by atoms with Crippen LogP contribution < -0.4 is 4.74 Å². The minimum atomic E-state index is 0.400. The van der Waals surface area contributed by atoms with Gasteiger partial charge in [-0.2, -0.15) is 0 Å². The standard InChI is InChI=1S/C14H13NO2/c1-11-4-6-13(7-5-11)17-14-3-2-8-15-12(9-14)10-16/h2-7,9-10H,8H2,1H3. The number of benzene rings is 1. The monoisotopic (exact) mass is 227 g/mol. The molecule has 0 spiro atoms. The second-order valence-corrected chi connectivity index (χ2v) is 3.75. The maximum atomic E-state index is 10.7. The van der Waals surface area contributed by atoms with Crippen molar-refractivity contribution in [2.75, 3.05) is 6.54 Å². The van der Waals surface area contributed by atoms with Gasteiger partial charge < -0.3 is 4.74 Å². The van der Waals surface area contributed by atoms with Gasteiger partial charge in [0.1, 0.15) is 17.2 Å². The molecule has 3 nitrogen and oxygen atoms in total. The smallest absolute Gasteiger partial charge is 0.168 e. The zero-order chi connectivity index (χ0) is 12.1. The number of aliphatic imine (C=N–C) groups is 1. The predicted octanol–water partition coefficient (Wildman–Crippen LogP) is 2.47. The Morgan fingerprint density at radius 2 is 2.06 bits per heavy atom. The third-order valence-corrected chi connectivity index (χ3v) is 2.33. The van der Waals surface area contributed by atoms with Crippen molar-refractivity contribution in [2.45, 2.75) is 6.92 Å². The van der Waals surface area contributed by atoms with Crippen molar-refractivity contribution in [2.24, 2.45) is 4.99 Å². The Kier molecular flexibility index (Phi) is 3.50. The summed E-state index contributed by atoms with van der Waals surface area (Å²) in [6, 6.07) is 7.75. The lowest BCUT2D eigenvalue weighted by Crippen LogP contribution is -1.99. The summed E-state index contributed by atoms with van der Waals surface area (Å²) in [6.07, 6.45) is 6.04. The van der Waals surface area contributed by atoms with E-state index in [2.05, 4.69) is 4.99 Å². The number of nitrogens with zero attached hydrogens (tertiary/aromatic N) is 1. The number of carbonyl (C=O) groups excluding carboxylic acids is 1. The van der Waals surface area contributed by atoms with Crippen molar-refractivity contribution >= 4 is 12.0 Å². The number of aldehydes is 1. The number of aryl methyl sites for hydroxylation is 1. The lowest BCUT2D eigenvalue weighted by Gasteiger charge is -2.05. The van der Waals surface area contributed by atoms with E-state index in [1.807, 2.05) is 43.3 Å². The fraction of sp³-hybridized carbons (Fsp3) is 0.143. The molecule has 0 amide bonds. The highest BCUT2D eigenvalue weighted by molar-refractivity contribution is 6.34. The number of hydrogen-bond acceptors (Lipinski definition) is 3. The zero-order valence-electron chi connectivity index (χ0n) is 9.59. The largest absolute Gasteiger partial charge is 0.457 e. The number of carbonyl (C=O) groups is 1. The summed E-state index contributed by atoms with van der Waals surface area (Å²) in [5.41, 5.74) is 1.58. The number of hydrogen-bond donors (Lipinski definition) is 0. The Bertz CT molecular complexity index is 495. The first kappa shape index (κ1) is 11.3. The molecule has 0 atom stereocenters. The highest BCUT2D eigenvalue weighted by Gasteiger charge is 2.02. The molecule has 1 aromatic rings. The number of rotatable bonds is 3. The van der Waals surface area contributed by atoms with Crippen molar-refractivity contribution in [1.29, 1.82) is 0 Å². The van der Waals surface area contributed by atoms with Gasteiger partial charge in [-0.1, -0.05) is 23.8 Å². The van der Waals surface area contributed by atoms with Crippen LogP contribution in [0.15, 0.2) is 53.2 Å². The van der Waals surface area contributed by atoms with Gasteiger partial charge in [0.05, 0.1) is 6.54 Å². The molecule has 1 aromatic carbocycles. The average Bonchev–Trinajstić information content (AvgIpc) is 2.57. The Labute approximate surface area is 100 Å². The molecule has 0 saturated heterocycles. The van der Waals surface area contributed by atoms with E-state index < -0.39 is 0 Å². The molecule has 0 saturated carbocycles. The van der Waals surface area contributed by atoms with Crippen LogP contribution in [0.4, 0.5) is 0 Å². The Morgan fingerprint density at radius 3 is 2.76 bits per heavy atom. The van der Waals surface area contributed by atoms with Gasteiger partial charge in [0, 0.05) is 6.08 Å². The summed E-state index contributed by atoms with van der Waals surface area (Å²) in [6.45, 7) is 2.52. The molecular weight excluding hydrogens is 214 g/mol. The van der Waals surface area contributed by atoms with Crippen molar-refractivity contribution in [3.63, 3.8) is 0 Å². The minimum Gasteiger partial charge on any atom is -0.457 e. The molecule has 2 rings (SSSR count). The van der Waals surface area contributed by atoms with Crippen LogP contribution in [0.2, 0.25) is 0 Å². The molecule has 0 bridgehead atoms. The molecule has 0 radical (unpaired) electrons. The third kappa shape index (κ3) is 3.14. The summed E-state index contributed by atoms with van der Waals surface area (Å²) >= 11 is 0. The maximum Gasteiger partial charge on any atom is 0.168 e. The van der Waals surface area contributed by atoms with Crippen LogP contribution in [0.25, 0.3) is 0 Å². The van der Waals surface area contributed by atoms with E-state index in [-0.39, 0.29) is 0 Å². The van der Waals surface area contributed by atoms with E-state index in [0.29, 0.717) is 18.0 Å². The highest BCUT2D eigenvalue weighted by atomic mass is 16.5. The molecule has 0 aliphatic carbocycles. The first-order chi connectivity index (χ1) is 8.28. The predicted molar refractivity (Wildman–Crippen MR) is 67.4 cm³/mol. The van der Waals surface area contributed by atoms with Gasteiger partial charge in [0.15, 0.2) is 6.29 Å². The number of allylic oxidation sites excluding steroid dienone is 2. The first-order valence-corrected chi connectivity index (χ1v) is 5.40. The van der Waals surface area contributed by atoms with E-state index in [9.17, 15) is 4.79 Å². The quantitative estimate of drug-likeness (QED) is 0.744. The van der Waals surface area contributed by atoms with E-state index >= 15 is 0 Å². The summed E-state index contributed by atoms with van der Waals surface area (Å²) in [4.78, 5) is 14.7. The second-order valence-electron chi connectivity index (χ2n) is 3.75. The molecule has 0 fully saturated rings. The van der Waals surface area contributed by atoms with Crippen LogP contribution >= 0.6 is 0 Å². The Balaban J connectivity index is 2.17. The van der Waals surface area contributed by atoms with Crippen LogP contribution in [0.3, 0.4) is 0 Å². The van der Waals surface area contributed by atoms with Gasteiger partial charge in [-0.05, 0) is 25.1 Å². The summed E-state index contributed by atoms with van der Waals surface area (Å²) < 4.78 is 5.66. The normalized spacial score (nSPS) is 14.6. The molecule has 1 aliphatic heterocycles. The SMILES string of the molecule is Cc1ccc(OC2=CC(C=O)=NCC=C2)cc1. The van der Waals surface area contributed by atoms with Gasteiger partial charge in [-0.25, -0.2) is 0 Å². The highest BCUT2D eigenvalue weighted by Crippen LogP contribution is 2.16. The van der Waals surface area contributed by atoms with Crippen LogP contribution in [-0.2, 0) is 4.79 Å². The third-order valence-electron chi connectivity index (χ3n) is 2.33. The Morgan fingerprint density at radius 1 is 1.29 bits per heavy atom. The summed E-state index contributed by atoms with van der Waals surface area (Å²) in [5, 5.41) is 0. The van der Waals surface area contributed by atoms with E-state index in [1.54, 1.807) is 6.08 Å². The van der Waals surface area contributed by atoms with E-state index in [1.165, 1.54) is 5.56 Å². The van der Waals surface area contributed by atoms with Gasteiger partial charge in [-0.3, -0.25) is 9.79 Å². The van der Waals surface area contributed by atoms with Gasteiger partial charge >= 0.3 is 0 Å². The molecule has 17 heavy (non-hydrogen) atoms. The molecule has 0 aromatic heterocycles. The molecule has 0 unspecified atom stereocenters. The van der Waals surface area contributed by atoms with Crippen LogP contribution in [0.5, 0.6) is 5.75 Å². The summed E-state index contributed by atoms with van der Waals surface area (Å²) in [7, 11) is 0. The van der Waals surface area contributed by atoms with Gasteiger partial charge in [-0.15, -0.1) is 0 Å². The van der Waals surface area contributed by atoms with Gasteiger partial charge in [0.2, 0.25) is 0 Å². The van der Waals surface area contributed by atoms with E-state index in [4.69, 9.17) is 4.74 Å². The molecular formula is C14H13NO2. The van der Waals surface area contributed by atoms with Crippen molar-refractivity contribution in [1.82, 2.24) is 0 Å². The molecule has 1 heterocycles. The Hall–Kier alpha value is -2.16. The van der Waals surface area contributed by atoms with Crippen molar-refractivity contribution in [3.05, 3.63) is 53.8 Å². The second kappa shape index (κ2) is 5.25. The fourth-order valence-electron chi connectivity index (χ4n) is 1.44. The number of ether oxygens (including phenoxy) is 1. The fourth-order valence-corrected chi connectivity index (χ4v) is 1.44. The molecule has 1 aliphatic rings. The lowest BCUT2D eigenvalue weighted by atomic mass is 10.2. The van der Waals surface area contributed by atoms with E-state index in [0.717, 1.165) is 12.0 Å². The first-order valence-electron chi connectivity index (χ1n) is 5.40. The zero-order valence-corrected chi connectivity index (χ0v) is 9.59. The topological polar surface area (TPSA) is 38.7 Å². The molecule has 86 valence electrons. The lowest BCUT2D eigenvalue weighted by molar-refractivity contribution is -0.102. The van der Waals surface area contributed by atoms with Crippen molar-refractivity contribution in [3.8, 4) is 5.75 Å². The van der Waals surface area contributed by atoms with Crippen LogP contribution in [-0.4, -0.2) is 18.5 Å². The van der Waals surface area contributed by atoms with Gasteiger partial charge in [0.25, 0.3) is 0 Å². The summed E-state index contributed by atoms with van der Waals surface area (Å²) in [5.74, 6) is 1.37. The maximum absolute atomic E-state index is 10.7. The van der Waals surface area contributed by atoms with Crippen molar-refractivity contribution < 1.29 is 9.53 Å². The minimum absolute atomic E-state index is 0.400. The molecule has 0 N–H and O–H groups in total. The van der Waals surface area contributed by atoms with Crippen LogP contribution in [0.1, 0.15) is 5.56 Å².